The van der Waals surface area contributed by atoms with Crippen LogP contribution in [0.15, 0.2) is 66.1 Å². The number of fused-ring (bicyclic) bond motifs is 2. The largest absolute Gasteiger partial charge is 0.438 e. The van der Waals surface area contributed by atoms with Crippen molar-refractivity contribution in [1.29, 1.82) is 0 Å². The molecule has 38 heavy (non-hydrogen) atoms. The van der Waals surface area contributed by atoms with Gasteiger partial charge in [-0.25, -0.2) is 14.4 Å². The monoisotopic (exact) mass is 531 g/mol. The predicted molar refractivity (Wildman–Crippen MR) is 141 cm³/mol. The number of halogens is 1. The Hall–Kier alpha value is -3.92. The molecule has 4 heterocycles. The molecule has 0 spiro atoms. The molecule has 6 rings (SSSR count). The first kappa shape index (κ1) is 24.4. The maximum absolute atomic E-state index is 14.0. The number of ether oxygens (including phenoxy) is 1. The van der Waals surface area contributed by atoms with Crippen molar-refractivity contribution in [3.8, 4) is 11.6 Å². The van der Waals surface area contributed by atoms with Crippen LogP contribution in [0.25, 0.3) is 5.65 Å². The fourth-order valence-electron chi connectivity index (χ4n) is 5.04. The molecular weight excluding hydrogens is 505 g/mol. The summed E-state index contributed by atoms with van der Waals surface area (Å²) >= 11 is 1.80. The van der Waals surface area contributed by atoms with Crippen LogP contribution in [0, 0.1) is 5.82 Å². The van der Waals surface area contributed by atoms with Crippen molar-refractivity contribution in [3.05, 3.63) is 83.7 Å². The minimum atomic E-state index is -0.605. The van der Waals surface area contributed by atoms with Crippen LogP contribution in [0.1, 0.15) is 52.0 Å². The third-order valence-corrected chi connectivity index (χ3v) is 8.12. The van der Waals surface area contributed by atoms with Crippen LogP contribution < -0.4 is 15.4 Å². The quantitative estimate of drug-likeness (QED) is 0.372. The number of rotatable bonds is 6. The van der Waals surface area contributed by atoms with Gasteiger partial charge < -0.3 is 19.8 Å². The fraction of sp³-hybridized carbons (Fsp3) is 0.286. The molecule has 0 unspecified atom stereocenters. The SMILES string of the molecule is O=C(NC1CCC(NC(=O)c2cccn3ccnc23)CC1)c1cc(F)cnc1Oc1ccc2c(c1)CCS2. The van der Waals surface area contributed by atoms with Crippen LogP contribution in [0.5, 0.6) is 11.6 Å². The van der Waals surface area contributed by atoms with Crippen molar-refractivity contribution in [1.82, 2.24) is 25.0 Å². The van der Waals surface area contributed by atoms with Gasteiger partial charge in [0.05, 0.1) is 11.8 Å². The number of pyridine rings is 2. The maximum atomic E-state index is 14.0. The highest BCUT2D eigenvalue weighted by atomic mass is 32.2. The van der Waals surface area contributed by atoms with Crippen LogP contribution in [0.4, 0.5) is 4.39 Å². The van der Waals surface area contributed by atoms with Gasteiger partial charge in [-0.15, -0.1) is 11.8 Å². The number of aryl methyl sites for hydroxylation is 1. The first-order valence-electron chi connectivity index (χ1n) is 12.7. The van der Waals surface area contributed by atoms with Crippen molar-refractivity contribution in [2.24, 2.45) is 0 Å². The number of hydrogen-bond acceptors (Lipinski definition) is 6. The van der Waals surface area contributed by atoms with E-state index in [2.05, 4.69) is 20.6 Å². The molecule has 3 aromatic heterocycles. The highest BCUT2D eigenvalue weighted by molar-refractivity contribution is 7.99. The molecule has 0 radical (unpaired) electrons. The number of carbonyl (C=O) groups is 2. The van der Waals surface area contributed by atoms with Crippen molar-refractivity contribution >= 4 is 29.2 Å². The molecule has 1 saturated carbocycles. The van der Waals surface area contributed by atoms with E-state index in [1.165, 1.54) is 10.5 Å². The fourth-order valence-corrected chi connectivity index (χ4v) is 6.10. The second-order valence-corrected chi connectivity index (χ2v) is 10.7. The average Bonchev–Trinajstić information content (AvgIpc) is 3.60. The number of imidazole rings is 1. The molecule has 1 aliphatic heterocycles. The van der Waals surface area contributed by atoms with Crippen LogP contribution in [-0.2, 0) is 6.42 Å². The zero-order chi connectivity index (χ0) is 26.1. The average molecular weight is 532 g/mol. The molecule has 10 heteroatoms. The van der Waals surface area contributed by atoms with Crippen molar-refractivity contribution in [2.45, 2.75) is 49.1 Å². The number of nitrogens with one attached hydrogen (secondary N) is 2. The molecule has 2 amide bonds. The number of amides is 2. The Morgan fingerprint density at radius 1 is 0.974 bits per heavy atom. The molecule has 0 saturated heterocycles. The zero-order valence-electron chi connectivity index (χ0n) is 20.5. The summed E-state index contributed by atoms with van der Waals surface area (Å²) in [6.45, 7) is 0. The number of thioether (sulfide) groups is 1. The summed E-state index contributed by atoms with van der Waals surface area (Å²) in [7, 11) is 0. The van der Waals surface area contributed by atoms with E-state index in [1.54, 1.807) is 30.2 Å². The van der Waals surface area contributed by atoms with E-state index in [0.29, 0.717) is 42.6 Å². The highest BCUT2D eigenvalue weighted by Gasteiger charge is 2.26. The standard InChI is InChI=1S/C28H26FN5O3S/c29-18-15-23(28(31-16-18)37-21-7-8-24-17(14-21)9-13-38-24)27(36)33-20-5-3-19(4-6-20)32-26(35)22-2-1-11-34-12-10-30-25(22)34/h1-2,7-8,10-12,14-16,19-20H,3-6,9,13H2,(H,32,35)(H,33,36). The molecule has 2 N–H and O–H groups in total. The van der Waals surface area contributed by atoms with Gasteiger partial charge in [0.15, 0.2) is 0 Å². The minimum absolute atomic E-state index is 0.00132. The Morgan fingerprint density at radius 2 is 1.74 bits per heavy atom. The molecule has 2 aliphatic rings. The van der Waals surface area contributed by atoms with Crippen LogP contribution in [0.3, 0.4) is 0 Å². The molecule has 0 bridgehead atoms. The Labute approximate surface area is 223 Å². The Kier molecular flexibility index (Phi) is 6.71. The van der Waals surface area contributed by atoms with Crippen LogP contribution >= 0.6 is 11.8 Å². The van der Waals surface area contributed by atoms with Crippen LogP contribution in [-0.4, -0.2) is 44.0 Å². The zero-order valence-corrected chi connectivity index (χ0v) is 21.3. The van der Waals surface area contributed by atoms with Crippen molar-refractivity contribution in [2.75, 3.05) is 5.75 Å². The van der Waals surface area contributed by atoms with Gasteiger partial charge >= 0.3 is 0 Å². The summed E-state index contributed by atoms with van der Waals surface area (Å²) in [5.41, 5.74) is 2.40. The second kappa shape index (κ2) is 10.4. The van der Waals surface area contributed by atoms with Crippen LogP contribution in [0.2, 0.25) is 0 Å². The number of benzene rings is 1. The molecular formula is C28H26FN5O3S. The minimum Gasteiger partial charge on any atom is -0.438 e. The van der Waals surface area contributed by atoms with Gasteiger partial charge in [0, 0.05) is 41.3 Å². The number of carbonyl (C=O) groups excluding carboxylic acids is 2. The number of nitrogens with zero attached hydrogens (tertiary/aromatic N) is 3. The number of aromatic nitrogens is 3. The normalized spacial score (nSPS) is 18.7. The summed E-state index contributed by atoms with van der Waals surface area (Å²) in [6, 6.07) is 10.4. The molecule has 1 fully saturated rings. The van der Waals surface area contributed by atoms with Gasteiger partial charge in [-0.3, -0.25) is 9.59 Å². The lowest BCUT2D eigenvalue weighted by Crippen LogP contribution is -2.44. The van der Waals surface area contributed by atoms with Gasteiger partial charge in [0.25, 0.3) is 11.8 Å². The lowest BCUT2D eigenvalue weighted by molar-refractivity contribution is 0.0890. The summed E-state index contributed by atoms with van der Waals surface area (Å²) in [5, 5.41) is 6.10. The van der Waals surface area contributed by atoms with Crippen molar-refractivity contribution in [3.63, 3.8) is 0 Å². The smallest absolute Gasteiger partial charge is 0.257 e. The first-order valence-corrected chi connectivity index (χ1v) is 13.6. The molecule has 4 aromatic rings. The van der Waals surface area contributed by atoms with Gasteiger partial charge in [0.1, 0.15) is 22.8 Å². The van der Waals surface area contributed by atoms with E-state index < -0.39 is 11.7 Å². The molecule has 1 aromatic carbocycles. The van der Waals surface area contributed by atoms with E-state index in [4.69, 9.17) is 4.74 Å². The summed E-state index contributed by atoms with van der Waals surface area (Å²) in [4.78, 5) is 35.5. The van der Waals surface area contributed by atoms with Gasteiger partial charge in [-0.1, -0.05) is 0 Å². The lowest BCUT2D eigenvalue weighted by atomic mass is 9.90. The Balaban J connectivity index is 1.07. The maximum Gasteiger partial charge on any atom is 0.257 e. The summed E-state index contributed by atoms with van der Waals surface area (Å²) in [6.07, 6.45) is 10.1. The van der Waals surface area contributed by atoms with E-state index in [-0.39, 0.29) is 29.4 Å². The third kappa shape index (κ3) is 5.08. The molecule has 8 nitrogen and oxygen atoms in total. The predicted octanol–water partition coefficient (Wildman–Crippen LogP) is 4.78. The van der Waals surface area contributed by atoms with Crippen molar-refractivity contribution < 1.29 is 18.7 Å². The molecule has 0 atom stereocenters. The third-order valence-electron chi connectivity index (χ3n) is 7.00. The van der Waals surface area contributed by atoms with Gasteiger partial charge in [-0.2, -0.15) is 0 Å². The van der Waals surface area contributed by atoms with Gasteiger partial charge in [0.2, 0.25) is 5.88 Å². The second-order valence-electron chi connectivity index (χ2n) is 9.55. The lowest BCUT2D eigenvalue weighted by Gasteiger charge is -2.29. The van der Waals surface area contributed by atoms with E-state index in [0.717, 1.165) is 24.4 Å². The number of hydrogen-bond donors (Lipinski definition) is 2. The Morgan fingerprint density at radius 3 is 2.53 bits per heavy atom. The molecule has 1 aliphatic carbocycles. The van der Waals surface area contributed by atoms with E-state index in [9.17, 15) is 14.0 Å². The highest BCUT2D eigenvalue weighted by Crippen LogP contribution is 2.35. The van der Waals surface area contributed by atoms with E-state index in [1.807, 2.05) is 34.9 Å². The van der Waals surface area contributed by atoms with E-state index >= 15 is 0 Å². The van der Waals surface area contributed by atoms with Gasteiger partial charge in [-0.05, 0) is 74.1 Å². The molecule has 194 valence electrons. The summed E-state index contributed by atoms with van der Waals surface area (Å²) in [5.74, 6) is 0.486. The topological polar surface area (TPSA) is 97.6 Å². The first-order chi connectivity index (χ1) is 18.5. The Bertz CT molecular complexity index is 1520. The summed E-state index contributed by atoms with van der Waals surface area (Å²) < 4.78 is 21.8.